The van der Waals surface area contributed by atoms with Crippen LogP contribution in [0.4, 0.5) is 30.2 Å². The Kier molecular flexibility index (Phi) is 8.10. The maximum atomic E-state index is 12.9. The van der Waals surface area contributed by atoms with Crippen LogP contribution in [0.15, 0.2) is 77.7 Å². The van der Waals surface area contributed by atoms with Crippen molar-refractivity contribution >= 4 is 54.6 Å². The van der Waals surface area contributed by atoms with Crippen LogP contribution in [0, 0.1) is 0 Å². The Morgan fingerprint density at radius 2 is 1.51 bits per heavy atom. The third-order valence-electron chi connectivity index (χ3n) is 5.04. The van der Waals surface area contributed by atoms with Crippen molar-refractivity contribution in [2.45, 2.75) is 24.0 Å². The molecular weight excluding hydrogens is 555 g/mol. The molecule has 8 nitrogen and oxygen atoms in total. The summed E-state index contributed by atoms with van der Waals surface area (Å²) in [6.45, 7) is 1.38. The average Bonchev–Trinajstić information content (AvgIpc) is 2.79. The number of nitrogens with one attached hydrogen (secondary N) is 2. The Bertz CT molecular complexity index is 1500. The van der Waals surface area contributed by atoms with E-state index in [2.05, 4.69) is 10.0 Å². The monoisotopic (exact) mass is 575 g/mol. The lowest BCUT2D eigenvalue weighted by Gasteiger charge is -2.28. The van der Waals surface area contributed by atoms with Gasteiger partial charge in [-0.05, 0) is 73.7 Å². The average molecular weight is 576 g/mol. The van der Waals surface area contributed by atoms with Gasteiger partial charge in [0.2, 0.25) is 15.9 Å². The van der Waals surface area contributed by atoms with Crippen LogP contribution in [0.3, 0.4) is 0 Å². The number of halogens is 4. The second-order valence-electron chi connectivity index (χ2n) is 7.91. The van der Waals surface area contributed by atoms with E-state index >= 15 is 0 Å². The minimum absolute atomic E-state index is 0.166. The molecule has 0 aliphatic rings. The van der Waals surface area contributed by atoms with Crippen LogP contribution in [0.1, 0.15) is 12.5 Å². The summed E-state index contributed by atoms with van der Waals surface area (Å²) < 4.78 is 91.7. The molecule has 1 amide bonds. The zero-order valence-electron chi connectivity index (χ0n) is 19.3. The Balaban J connectivity index is 1.76. The fraction of sp³-hybridized carbons (Fsp3) is 0.174. The van der Waals surface area contributed by atoms with Crippen molar-refractivity contribution in [3.8, 4) is 0 Å². The summed E-state index contributed by atoms with van der Waals surface area (Å²) in [5.74, 6) is -0.696. The number of carbonyl (C=O) groups is 1. The highest BCUT2D eigenvalue weighted by Crippen LogP contribution is 2.31. The zero-order chi connectivity index (χ0) is 27.6. The molecule has 0 spiro atoms. The first-order chi connectivity index (χ1) is 17.1. The second-order valence-corrected chi connectivity index (χ2v) is 11.9. The smallest absolute Gasteiger partial charge is 0.324 e. The van der Waals surface area contributed by atoms with Gasteiger partial charge in [-0.1, -0.05) is 17.7 Å². The number of anilines is 3. The van der Waals surface area contributed by atoms with E-state index in [1.54, 1.807) is 0 Å². The van der Waals surface area contributed by atoms with E-state index < -0.39 is 43.7 Å². The molecule has 0 bridgehead atoms. The number of nitrogens with zero attached hydrogens (tertiary/aromatic N) is 1. The van der Waals surface area contributed by atoms with E-state index in [0.717, 1.165) is 34.8 Å². The van der Waals surface area contributed by atoms with Crippen molar-refractivity contribution in [1.29, 1.82) is 0 Å². The molecule has 1 atom stereocenters. The van der Waals surface area contributed by atoms with Crippen LogP contribution in [0.5, 0.6) is 0 Å². The Hall–Kier alpha value is -3.29. The molecule has 0 unspecified atom stereocenters. The van der Waals surface area contributed by atoms with Crippen molar-refractivity contribution in [2.24, 2.45) is 0 Å². The van der Waals surface area contributed by atoms with Crippen molar-refractivity contribution in [3.05, 3.63) is 83.4 Å². The molecule has 37 heavy (non-hydrogen) atoms. The standard InChI is InChI=1S/C23H21ClF3N3O5S2/c1-15(30(36(2,32)33)20-10-6-17(24)7-11-20)22(31)28-18-8-12-21(13-9-18)37(34,35)29-19-5-3-4-16(14-19)23(25,26)27/h3-15,29H,1-2H3,(H,28,31)/t15-/m1/s1. The van der Waals surface area contributed by atoms with E-state index in [0.29, 0.717) is 11.1 Å². The zero-order valence-corrected chi connectivity index (χ0v) is 21.7. The quantitative estimate of drug-likeness (QED) is 0.394. The topological polar surface area (TPSA) is 113 Å². The molecule has 0 radical (unpaired) electrons. The molecule has 0 saturated carbocycles. The second kappa shape index (κ2) is 10.6. The molecule has 0 fully saturated rings. The molecule has 2 N–H and O–H groups in total. The number of sulfonamides is 2. The number of hydrogen-bond donors (Lipinski definition) is 2. The molecule has 0 aliphatic heterocycles. The number of alkyl halides is 3. The van der Waals surface area contributed by atoms with Gasteiger partial charge in [0.15, 0.2) is 0 Å². The lowest BCUT2D eigenvalue weighted by molar-refractivity contribution is -0.137. The first-order valence-corrected chi connectivity index (χ1v) is 14.1. The molecular formula is C23H21ClF3N3O5S2. The third kappa shape index (κ3) is 7.14. The van der Waals surface area contributed by atoms with E-state index in [4.69, 9.17) is 11.6 Å². The highest BCUT2D eigenvalue weighted by molar-refractivity contribution is 7.92. The highest BCUT2D eigenvalue weighted by Gasteiger charge is 2.31. The summed E-state index contributed by atoms with van der Waals surface area (Å²) >= 11 is 5.86. The molecule has 0 aliphatic carbocycles. The molecule has 14 heteroatoms. The summed E-state index contributed by atoms with van der Waals surface area (Å²) in [6, 6.07) is 13.2. The van der Waals surface area contributed by atoms with Gasteiger partial charge in [-0.3, -0.25) is 13.8 Å². The minimum Gasteiger partial charge on any atom is -0.324 e. The molecule has 3 rings (SSSR count). The normalized spacial score (nSPS) is 13.0. The van der Waals surface area contributed by atoms with Gasteiger partial charge in [0.25, 0.3) is 10.0 Å². The van der Waals surface area contributed by atoms with Gasteiger partial charge in [0, 0.05) is 16.4 Å². The molecule has 198 valence electrons. The van der Waals surface area contributed by atoms with Crippen LogP contribution < -0.4 is 14.3 Å². The van der Waals surface area contributed by atoms with Crippen molar-refractivity contribution < 1.29 is 34.8 Å². The van der Waals surface area contributed by atoms with Gasteiger partial charge < -0.3 is 5.32 Å². The number of hydrogen-bond acceptors (Lipinski definition) is 5. The van der Waals surface area contributed by atoms with Crippen LogP contribution in [0.2, 0.25) is 5.02 Å². The van der Waals surface area contributed by atoms with Crippen molar-refractivity contribution in [1.82, 2.24) is 0 Å². The first kappa shape index (κ1) is 28.3. The van der Waals surface area contributed by atoms with E-state index in [1.807, 2.05) is 0 Å². The maximum Gasteiger partial charge on any atom is 0.416 e. The Morgan fingerprint density at radius 3 is 2.05 bits per heavy atom. The minimum atomic E-state index is -4.64. The fourth-order valence-electron chi connectivity index (χ4n) is 3.33. The predicted molar refractivity (Wildman–Crippen MR) is 136 cm³/mol. The van der Waals surface area contributed by atoms with Crippen LogP contribution in [-0.2, 0) is 31.0 Å². The predicted octanol–water partition coefficient (Wildman–Crippen LogP) is 4.95. The van der Waals surface area contributed by atoms with Crippen LogP contribution in [0.25, 0.3) is 0 Å². The lowest BCUT2D eigenvalue weighted by atomic mass is 10.2. The molecule has 3 aromatic rings. The van der Waals surface area contributed by atoms with Gasteiger partial charge in [-0.25, -0.2) is 16.8 Å². The lowest BCUT2D eigenvalue weighted by Crippen LogP contribution is -2.45. The summed E-state index contributed by atoms with van der Waals surface area (Å²) in [5, 5.41) is 2.90. The molecule has 0 heterocycles. The van der Waals surface area contributed by atoms with Gasteiger partial charge in [-0.15, -0.1) is 0 Å². The van der Waals surface area contributed by atoms with E-state index in [9.17, 15) is 34.8 Å². The van der Waals surface area contributed by atoms with E-state index in [-0.39, 0.29) is 22.0 Å². The SMILES string of the molecule is C[C@H](C(=O)Nc1ccc(S(=O)(=O)Nc2cccc(C(F)(F)F)c2)cc1)N(c1ccc(Cl)cc1)S(C)(=O)=O. The van der Waals surface area contributed by atoms with Gasteiger partial charge in [0.1, 0.15) is 6.04 Å². The summed E-state index contributed by atoms with van der Waals surface area (Å²) in [5.41, 5.74) is -0.901. The number of rotatable bonds is 8. The fourth-order valence-corrected chi connectivity index (χ4v) is 5.68. The Labute approximate surface area is 217 Å². The summed E-state index contributed by atoms with van der Waals surface area (Å²) in [6.07, 6.45) is -3.69. The summed E-state index contributed by atoms with van der Waals surface area (Å²) in [7, 11) is -8.10. The third-order valence-corrected chi connectivity index (χ3v) is 7.93. The Morgan fingerprint density at radius 1 is 0.919 bits per heavy atom. The molecule has 3 aromatic carbocycles. The maximum absolute atomic E-state index is 12.9. The van der Waals surface area contributed by atoms with Crippen molar-refractivity contribution in [2.75, 3.05) is 20.6 Å². The number of carbonyl (C=O) groups excluding carboxylic acids is 1. The number of benzene rings is 3. The van der Waals surface area contributed by atoms with E-state index in [1.165, 1.54) is 49.4 Å². The highest BCUT2D eigenvalue weighted by atomic mass is 35.5. The van der Waals surface area contributed by atoms with Crippen LogP contribution >= 0.6 is 11.6 Å². The van der Waals surface area contributed by atoms with Gasteiger partial charge in [0.05, 0.1) is 22.4 Å². The van der Waals surface area contributed by atoms with Crippen LogP contribution in [-0.4, -0.2) is 35.0 Å². The van der Waals surface area contributed by atoms with Gasteiger partial charge >= 0.3 is 6.18 Å². The summed E-state index contributed by atoms with van der Waals surface area (Å²) in [4.78, 5) is 12.5. The molecule has 0 aromatic heterocycles. The van der Waals surface area contributed by atoms with Gasteiger partial charge in [-0.2, -0.15) is 13.2 Å². The largest absolute Gasteiger partial charge is 0.416 e. The number of amides is 1. The molecule has 0 saturated heterocycles. The first-order valence-electron chi connectivity index (χ1n) is 10.4. The van der Waals surface area contributed by atoms with Crippen molar-refractivity contribution in [3.63, 3.8) is 0 Å².